The lowest BCUT2D eigenvalue weighted by molar-refractivity contribution is -0.671. The van der Waals surface area contributed by atoms with Crippen LogP contribution < -0.4 is 9.13 Å². The van der Waals surface area contributed by atoms with Crippen molar-refractivity contribution in [1.82, 2.24) is 0 Å². The van der Waals surface area contributed by atoms with Crippen molar-refractivity contribution in [3.8, 4) is 0 Å². The molecule has 4 heteroatoms. The summed E-state index contributed by atoms with van der Waals surface area (Å²) in [4.78, 5) is 0. The summed E-state index contributed by atoms with van der Waals surface area (Å²) in [5.74, 6) is 2.12. The van der Waals surface area contributed by atoms with Crippen LogP contribution in [0.4, 0.5) is 0 Å². The van der Waals surface area contributed by atoms with Crippen LogP contribution in [-0.2, 0) is 25.6 Å². The van der Waals surface area contributed by atoms with Gasteiger partial charge < -0.3 is 0 Å². The van der Waals surface area contributed by atoms with Gasteiger partial charge in [0.05, 0.1) is 0 Å². The predicted molar refractivity (Wildman–Crippen MR) is 77.8 cm³/mol. The van der Waals surface area contributed by atoms with E-state index in [4.69, 9.17) is 0 Å². The van der Waals surface area contributed by atoms with Gasteiger partial charge in [0.1, 0.15) is 14.1 Å². The molecule has 94 valence electrons. The summed E-state index contributed by atoms with van der Waals surface area (Å²) < 4.78 is 4.12. The maximum atomic E-state index is 2.18. The zero-order chi connectivity index (χ0) is 12.8. The zero-order valence-electron chi connectivity index (χ0n) is 10.7. The summed E-state index contributed by atoms with van der Waals surface area (Å²) in [5.41, 5.74) is 2.76. The van der Waals surface area contributed by atoms with Gasteiger partial charge in [-0.05, 0) is 11.1 Å². The maximum Gasteiger partial charge on any atom is 0.168 e. The molecule has 0 fully saturated rings. The number of hydrogen-bond donors (Lipinski definition) is 0. The van der Waals surface area contributed by atoms with E-state index in [0.717, 1.165) is 11.5 Å². The molecule has 0 aliphatic carbocycles. The Morgan fingerprint density at radius 1 is 0.722 bits per heavy atom. The van der Waals surface area contributed by atoms with Crippen LogP contribution in [0.2, 0.25) is 0 Å². The Bertz CT molecular complexity index is 433. The second kappa shape index (κ2) is 6.81. The van der Waals surface area contributed by atoms with Crippen molar-refractivity contribution in [3.05, 3.63) is 60.2 Å². The van der Waals surface area contributed by atoms with E-state index in [0.29, 0.717) is 0 Å². The van der Waals surface area contributed by atoms with Crippen LogP contribution in [0.15, 0.2) is 49.1 Å². The second-order valence-electron chi connectivity index (χ2n) is 4.27. The number of aromatic nitrogens is 2. The average Bonchev–Trinajstić information content (AvgIpc) is 2.39. The first-order valence-corrected chi connectivity index (χ1v) is 8.35. The summed E-state index contributed by atoms with van der Waals surface area (Å²) in [6.45, 7) is 0. The SMILES string of the molecule is C[n+]1ccc(CSSCc2cc[n+](C)cc2)cc1. The number of pyridine rings is 2. The quantitative estimate of drug-likeness (QED) is 0.471. The first-order valence-electron chi connectivity index (χ1n) is 5.87. The van der Waals surface area contributed by atoms with E-state index in [1.165, 1.54) is 11.1 Å². The lowest BCUT2D eigenvalue weighted by atomic mass is 10.3. The molecule has 0 atom stereocenters. The summed E-state index contributed by atoms with van der Waals surface area (Å²) in [5, 5.41) is 0. The maximum absolute atomic E-state index is 2.18. The summed E-state index contributed by atoms with van der Waals surface area (Å²) in [7, 11) is 7.91. The fourth-order valence-electron chi connectivity index (χ4n) is 1.48. The molecule has 0 aromatic carbocycles. The highest BCUT2D eigenvalue weighted by Crippen LogP contribution is 2.28. The summed E-state index contributed by atoms with van der Waals surface area (Å²) >= 11 is 0. The minimum absolute atomic E-state index is 1.06. The van der Waals surface area contributed by atoms with Crippen molar-refractivity contribution in [2.75, 3.05) is 0 Å². The topological polar surface area (TPSA) is 7.76 Å². The van der Waals surface area contributed by atoms with Crippen LogP contribution in [-0.4, -0.2) is 0 Å². The van der Waals surface area contributed by atoms with Crippen LogP contribution in [0.1, 0.15) is 11.1 Å². The number of hydrogen-bond acceptors (Lipinski definition) is 2. The fourth-order valence-corrected chi connectivity index (χ4v) is 3.62. The monoisotopic (exact) mass is 278 g/mol. The Morgan fingerprint density at radius 2 is 1.06 bits per heavy atom. The molecule has 0 aliphatic heterocycles. The summed E-state index contributed by atoms with van der Waals surface area (Å²) in [6, 6.07) is 8.71. The molecule has 2 nitrogen and oxygen atoms in total. The van der Waals surface area contributed by atoms with Crippen molar-refractivity contribution in [2.24, 2.45) is 14.1 Å². The highest BCUT2D eigenvalue weighted by atomic mass is 33.1. The molecule has 2 heterocycles. The third-order valence-electron chi connectivity index (χ3n) is 2.63. The van der Waals surface area contributed by atoms with Crippen LogP contribution in [0.3, 0.4) is 0 Å². The van der Waals surface area contributed by atoms with Gasteiger partial charge in [0.25, 0.3) is 0 Å². The third kappa shape index (κ3) is 4.35. The lowest BCUT2D eigenvalue weighted by Gasteiger charge is -2.01. The van der Waals surface area contributed by atoms with Crippen molar-refractivity contribution < 1.29 is 9.13 Å². The first kappa shape index (κ1) is 13.4. The van der Waals surface area contributed by atoms with Crippen LogP contribution in [0.25, 0.3) is 0 Å². The normalized spacial score (nSPS) is 10.6. The molecule has 0 radical (unpaired) electrons. The van der Waals surface area contributed by atoms with Crippen LogP contribution in [0, 0.1) is 0 Å². The molecule has 0 unspecified atom stereocenters. The van der Waals surface area contributed by atoms with E-state index < -0.39 is 0 Å². The van der Waals surface area contributed by atoms with Crippen LogP contribution >= 0.6 is 21.6 Å². The Hall–Kier alpha value is -1.00. The number of rotatable bonds is 5. The molecule has 0 saturated heterocycles. The second-order valence-corrected chi connectivity index (χ2v) is 6.73. The van der Waals surface area contributed by atoms with Gasteiger partial charge in [0, 0.05) is 35.8 Å². The van der Waals surface area contributed by atoms with E-state index in [1.54, 1.807) is 0 Å². The molecule has 0 bridgehead atoms. The van der Waals surface area contributed by atoms with Crippen molar-refractivity contribution in [1.29, 1.82) is 0 Å². The highest BCUT2D eigenvalue weighted by molar-refractivity contribution is 8.76. The van der Waals surface area contributed by atoms with Gasteiger partial charge in [0.2, 0.25) is 0 Å². The Morgan fingerprint density at radius 3 is 1.39 bits per heavy atom. The Kier molecular flexibility index (Phi) is 5.08. The molecule has 2 aromatic heterocycles. The largest absolute Gasteiger partial charge is 0.208 e. The van der Waals surface area contributed by atoms with Gasteiger partial charge in [-0.1, -0.05) is 21.6 Å². The van der Waals surface area contributed by atoms with E-state index >= 15 is 0 Å². The Labute approximate surface area is 116 Å². The third-order valence-corrected chi connectivity index (χ3v) is 4.91. The predicted octanol–water partition coefficient (Wildman–Crippen LogP) is 2.42. The van der Waals surface area contributed by atoms with Crippen molar-refractivity contribution >= 4 is 21.6 Å². The molecule has 0 amide bonds. The fraction of sp³-hybridized carbons (Fsp3) is 0.286. The summed E-state index contributed by atoms with van der Waals surface area (Å²) in [6.07, 6.45) is 8.38. The molecular formula is C14H18N2S2+2. The number of aryl methyl sites for hydroxylation is 2. The van der Waals surface area contributed by atoms with Gasteiger partial charge >= 0.3 is 0 Å². The molecule has 0 aliphatic rings. The standard InChI is InChI=1S/C14H18N2S2/c1-15-7-3-13(4-8-15)11-17-18-12-14-5-9-16(2)10-6-14/h3-10H,11-12H2,1-2H3/q+2. The van der Waals surface area contributed by atoms with E-state index in [1.807, 2.05) is 35.7 Å². The molecule has 0 spiro atoms. The Balaban J connectivity index is 1.73. The van der Waals surface area contributed by atoms with E-state index in [2.05, 4.69) is 58.2 Å². The number of nitrogens with zero attached hydrogens (tertiary/aromatic N) is 2. The van der Waals surface area contributed by atoms with Gasteiger partial charge in [-0.25, -0.2) is 9.13 Å². The minimum atomic E-state index is 1.06. The molecular weight excluding hydrogens is 260 g/mol. The van der Waals surface area contributed by atoms with Gasteiger partial charge in [-0.3, -0.25) is 0 Å². The average molecular weight is 278 g/mol. The molecule has 18 heavy (non-hydrogen) atoms. The highest BCUT2D eigenvalue weighted by Gasteiger charge is 1.99. The molecule has 2 aromatic rings. The molecule has 2 rings (SSSR count). The lowest BCUT2D eigenvalue weighted by Crippen LogP contribution is -2.25. The van der Waals surface area contributed by atoms with Gasteiger partial charge in [-0.15, -0.1) is 0 Å². The minimum Gasteiger partial charge on any atom is -0.208 e. The smallest absolute Gasteiger partial charge is 0.168 e. The molecule has 0 N–H and O–H groups in total. The molecule has 0 saturated carbocycles. The first-order chi connectivity index (χ1) is 8.74. The van der Waals surface area contributed by atoms with Crippen LogP contribution in [0.5, 0.6) is 0 Å². The van der Waals surface area contributed by atoms with Gasteiger partial charge in [0.15, 0.2) is 24.8 Å². The van der Waals surface area contributed by atoms with Crippen molar-refractivity contribution in [3.63, 3.8) is 0 Å². The van der Waals surface area contributed by atoms with Gasteiger partial charge in [-0.2, -0.15) is 0 Å². The van der Waals surface area contributed by atoms with E-state index in [-0.39, 0.29) is 0 Å². The van der Waals surface area contributed by atoms with Crippen molar-refractivity contribution in [2.45, 2.75) is 11.5 Å². The zero-order valence-corrected chi connectivity index (χ0v) is 12.4. The van der Waals surface area contributed by atoms with E-state index in [9.17, 15) is 0 Å².